The van der Waals surface area contributed by atoms with E-state index in [0.29, 0.717) is 6.07 Å². The van der Waals surface area contributed by atoms with Crippen LogP contribution in [0.3, 0.4) is 0 Å². The monoisotopic (exact) mass is 241 g/mol. The first-order chi connectivity index (χ1) is 8.02. The van der Waals surface area contributed by atoms with Crippen LogP contribution in [0.15, 0.2) is 41.8 Å². The molecule has 0 unspecified atom stereocenters. The number of hydrogen-bond acceptors (Lipinski definition) is 3. The quantitative estimate of drug-likeness (QED) is 0.757. The Morgan fingerprint density at radius 3 is 2.59 bits per heavy atom. The minimum absolute atomic E-state index is 0.206. The number of benzene rings is 1. The summed E-state index contributed by atoms with van der Waals surface area (Å²) in [4.78, 5) is 10.5. The molecule has 0 saturated carbocycles. The van der Waals surface area contributed by atoms with Crippen LogP contribution in [0.25, 0.3) is 5.69 Å². The Morgan fingerprint density at radius 1 is 1.29 bits per heavy atom. The largest absolute Gasteiger partial charge is 0.416 e. The highest BCUT2D eigenvalue weighted by Crippen LogP contribution is 2.34. The Kier molecular flexibility index (Phi) is 2.66. The van der Waals surface area contributed by atoms with Crippen molar-refractivity contribution in [3.05, 3.63) is 47.1 Å². The van der Waals surface area contributed by atoms with Crippen molar-refractivity contribution in [2.24, 2.45) is 5.18 Å². The summed E-state index contributed by atoms with van der Waals surface area (Å²) in [5.74, 6) is 0. The Balaban J connectivity index is 2.54. The van der Waals surface area contributed by atoms with Crippen molar-refractivity contribution in [1.82, 2.24) is 9.78 Å². The molecule has 0 aliphatic heterocycles. The molecule has 1 aromatic heterocycles. The molecule has 0 aliphatic carbocycles. The van der Waals surface area contributed by atoms with Crippen molar-refractivity contribution < 1.29 is 13.2 Å². The third-order valence-electron chi connectivity index (χ3n) is 2.15. The Hall–Kier alpha value is -2.18. The number of nitrogens with zero attached hydrogens (tertiary/aromatic N) is 3. The van der Waals surface area contributed by atoms with Crippen molar-refractivity contribution in [3.63, 3.8) is 0 Å². The first-order valence-electron chi connectivity index (χ1n) is 4.57. The molecule has 0 atom stereocenters. The lowest BCUT2D eigenvalue weighted by Gasteiger charge is -2.09. The van der Waals surface area contributed by atoms with Gasteiger partial charge < -0.3 is 0 Å². The van der Waals surface area contributed by atoms with Crippen molar-refractivity contribution in [3.8, 4) is 5.69 Å². The first-order valence-corrected chi connectivity index (χ1v) is 4.57. The lowest BCUT2D eigenvalue weighted by molar-refractivity contribution is -0.137. The minimum atomic E-state index is -4.50. The van der Waals surface area contributed by atoms with Gasteiger partial charge in [-0.3, -0.25) is 0 Å². The second-order valence-electron chi connectivity index (χ2n) is 3.24. The van der Waals surface area contributed by atoms with Crippen LogP contribution in [-0.2, 0) is 6.18 Å². The van der Waals surface area contributed by atoms with Crippen LogP contribution in [0.4, 0.5) is 18.9 Å². The van der Waals surface area contributed by atoms with E-state index in [9.17, 15) is 18.1 Å². The van der Waals surface area contributed by atoms with Crippen LogP contribution in [0.2, 0.25) is 0 Å². The molecule has 1 aromatic carbocycles. The van der Waals surface area contributed by atoms with E-state index in [-0.39, 0.29) is 11.4 Å². The Morgan fingerprint density at radius 2 is 2.06 bits per heavy atom. The zero-order valence-corrected chi connectivity index (χ0v) is 8.35. The van der Waals surface area contributed by atoms with Gasteiger partial charge in [0.15, 0.2) is 0 Å². The first kappa shape index (κ1) is 11.3. The van der Waals surface area contributed by atoms with E-state index in [2.05, 4.69) is 10.3 Å². The normalized spacial score (nSPS) is 11.5. The summed E-state index contributed by atoms with van der Waals surface area (Å²) in [5, 5.41) is 6.41. The van der Waals surface area contributed by atoms with Crippen LogP contribution < -0.4 is 0 Å². The average molecular weight is 241 g/mol. The molecule has 0 radical (unpaired) electrons. The zero-order chi connectivity index (χ0) is 12.5. The highest BCUT2D eigenvalue weighted by atomic mass is 19.4. The SMILES string of the molecule is O=Nc1cc(C(F)(F)F)ccc1-n1cccn1. The summed E-state index contributed by atoms with van der Waals surface area (Å²) in [5.41, 5.74) is -1.01. The maximum Gasteiger partial charge on any atom is 0.416 e. The van der Waals surface area contributed by atoms with Crippen molar-refractivity contribution in [1.29, 1.82) is 0 Å². The van der Waals surface area contributed by atoms with E-state index in [1.807, 2.05) is 0 Å². The van der Waals surface area contributed by atoms with Crippen LogP contribution >= 0.6 is 0 Å². The summed E-state index contributed by atoms with van der Waals surface area (Å²) in [6.07, 6.45) is -1.54. The van der Waals surface area contributed by atoms with Gasteiger partial charge in [0.05, 0.1) is 11.3 Å². The third kappa shape index (κ3) is 2.17. The lowest BCUT2D eigenvalue weighted by Crippen LogP contribution is -2.05. The fraction of sp³-hybridized carbons (Fsp3) is 0.100. The summed E-state index contributed by atoms with van der Waals surface area (Å²) in [6, 6.07) is 4.33. The summed E-state index contributed by atoms with van der Waals surface area (Å²) < 4.78 is 38.5. The molecule has 17 heavy (non-hydrogen) atoms. The fourth-order valence-electron chi connectivity index (χ4n) is 1.38. The van der Waals surface area contributed by atoms with E-state index in [0.717, 1.165) is 12.1 Å². The standard InChI is InChI=1S/C10H6F3N3O/c11-10(12,13)7-2-3-9(8(6-7)15-17)16-5-1-4-14-16/h1-6H. The highest BCUT2D eigenvalue weighted by Gasteiger charge is 2.31. The van der Waals surface area contributed by atoms with E-state index in [4.69, 9.17) is 0 Å². The lowest BCUT2D eigenvalue weighted by atomic mass is 10.1. The molecule has 0 spiro atoms. The molecule has 7 heteroatoms. The zero-order valence-electron chi connectivity index (χ0n) is 8.35. The van der Waals surface area contributed by atoms with Gasteiger partial charge in [-0.2, -0.15) is 18.3 Å². The molecule has 4 nitrogen and oxygen atoms in total. The van der Waals surface area contributed by atoms with Gasteiger partial charge in [-0.1, -0.05) is 0 Å². The number of hydrogen-bond donors (Lipinski definition) is 0. The molecule has 0 fully saturated rings. The number of nitroso groups, excluding NO2 is 1. The van der Waals surface area contributed by atoms with E-state index in [1.54, 1.807) is 6.07 Å². The van der Waals surface area contributed by atoms with Crippen LogP contribution in [-0.4, -0.2) is 9.78 Å². The Bertz CT molecular complexity index is 534. The molecular formula is C10H6F3N3O. The summed E-state index contributed by atoms with van der Waals surface area (Å²) in [7, 11) is 0. The second-order valence-corrected chi connectivity index (χ2v) is 3.24. The van der Waals surface area contributed by atoms with Crippen molar-refractivity contribution in [2.75, 3.05) is 0 Å². The van der Waals surface area contributed by atoms with Gasteiger partial charge in [-0.15, -0.1) is 4.91 Å². The minimum Gasteiger partial charge on any atom is -0.239 e. The van der Waals surface area contributed by atoms with Gasteiger partial charge in [0.1, 0.15) is 5.69 Å². The average Bonchev–Trinajstić information content (AvgIpc) is 2.80. The predicted molar refractivity (Wildman–Crippen MR) is 54.0 cm³/mol. The second kappa shape index (κ2) is 4.00. The van der Waals surface area contributed by atoms with Crippen LogP contribution in [0, 0.1) is 4.91 Å². The summed E-state index contributed by atoms with van der Waals surface area (Å²) >= 11 is 0. The van der Waals surface area contributed by atoms with E-state index in [1.165, 1.54) is 17.1 Å². The third-order valence-corrected chi connectivity index (χ3v) is 2.15. The van der Waals surface area contributed by atoms with Crippen LogP contribution in [0.1, 0.15) is 5.56 Å². The van der Waals surface area contributed by atoms with Gasteiger partial charge in [0.2, 0.25) is 0 Å². The van der Waals surface area contributed by atoms with E-state index < -0.39 is 11.7 Å². The van der Waals surface area contributed by atoms with Crippen LogP contribution in [0.5, 0.6) is 0 Å². The van der Waals surface area contributed by atoms with Gasteiger partial charge in [0.25, 0.3) is 0 Å². The maximum atomic E-state index is 12.4. The molecular weight excluding hydrogens is 235 g/mol. The molecule has 0 saturated heterocycles. The topological polar surface area (TPSA) is 47.2 Å². The van der Waals surface area contributed by atoms with Gasteiger partial charge in [-0.25, -0.2) is 4.68 Å². The molecule has 1 heterocycles. The molecule has 0 bridgehead atoms. The number of halogens is 3. The van der Waals surface area contributed by atoms with Gasteiger partial charge in [0, 0.05) is 12.4 Å². The molecule has 0 amide bonds. The molecule has 0 N–H and O–H groups in total. The molecule has 88 valence electrons. The van der Waals surface area contributed by atoms with Gasteiger partial charge in [-0.05, 0) is 29.4 Å². The molecule has 0 aliphatic rings. The van der Waals surface area contributed by atoms with Gasteiger partial charge >= 0.3 is 6.18 Å². The van der Waals surface area contributed by atoms with Crippen molar-refractivity contribution >= 4 is 5.69 Å². The summed E-state index contributed by atoms with van der Waals surface area (Å²) in [6.45, 7) is 0. The smallest absolute Gasteiger partial charge is 0.239 e. The van der Waals surface area contributed by atoms with E-state index >= 15 is 0 Å². The molecule has 2 rings (SSSR count). The van der Waals surface area contributed by atoms with Crippen molar-refractivity contribution in [2.45, 2.75) is 6.18 Å². The fourth-order valence-corrected chi connectivity index (χ4v) is 1.38. The maximum absolute atomic E-state index is 12.4. The Labute approximate surface area is 93.7 Å². The predicted octanol–water partition coefficient (Wildman–Crippen LogP) is 3.29. The number of aromatic nitrogens is 2. The number of alkyl halides is 3. The number of rotatable bonds is 2. The highest BCUT2D eigenvalue weighted by molar-refractivity contribution is 5.58. The molecule has 2 aromatic rings.